The number of hydrogen-bond donors (Lipinski definition) is 2. The molecule has 0 bridgehead atoms. The third kappa shape index (κ3) is 3.84. The highest BCUT2D eigenvalue weighted by Crippen LogP contribution is 2.18. The predicted octanol–water partition coefficient (Wildman–Crippen LogP) is 2.83. The molecule has 1 aromatic rings. The van der Waals surface area contributed by atoms with Gasteiger partial charge in [0, 0.05) is 12.6 Å². The highest BCUT2D eigenvalue weighted by Gasteiger charge is 2.20. The number of rotatable bonds is 7. The predicted molar refractivity (Wildman–Crippen MR) is 78.1 cm³/mol. The van der Waals surface area contributed by atoms with Crippen LogP contribution in [0.25, 0.3) is 0 Å². The fourth-order valence-electron chi connectivity index (χ4n) is 2.18. The average molecular weight is 247 g/mol. The minimum Gasteiger partial charge on any atom is -0.387 e. The van der Waals surface area contributed by atoms with Crippen LogP contribution in [0.4, 0.5) is 0 Å². The van der Waals surface area contributed by atoms with Crippen LogP contribution in [0.1, 0.15) is 38.7 Å². The normalized spacial score (nSPS) is 14.4. The van der Waals surface area contributed by atoms with E-state index in [1.807, 2.05) is 18.2 Å². The van der Waals surface area contributed by atoms with Gasteiger partial charge >= 0.3 is 0 Å². The second kappa shape index (κ2) is 7.17. The first-order chi connectivity index (χ1) is 8.60. The molecule has 18 heavy (non-hydrogen) atoms. The minimum atomic E-state index is 0.000139. The number of nitrogens with zero attached hydrogens (tertiary/aromatic N) is 1. The summed E-state index contributed by atoms with van der Waals surface area (Å²) in [5.41, 5.74) is 6.90. The van der Waals surface area contributed by atoms with Gasteiger partial charge in [0.1, 0.15) is 0 Å². The van der Waals surface area contributed by atoms with Crippen LogP contribution in [0.15, 0.2) is 30.3 Å². The van der Waals surface area contributed by atoms with Gasteiger partial charge in [0.15, 0.2) is 0 Å². The van der Waals surface area contributed by atoms with Crippen LogP contribution in [0, 0.1) is 5.41 Å². The molecule has 0 heterocycles. The first-order valence-electron chi connectivity index (χ1n) is 6.73. The molecule has 0 aliphatic heterocycles. The maximum absolute atomic E-state index is 7.81. The van der Waals surface area contributed by atoms with Gasteiger partial charge in [-0.05, 0) is 25.5 Å². The Hall–Kier alpha value is -1.35. The van der Waals surface area contributed by atoms with Gasteiger partial charge in [-0.1, -0.05) is 44.2 Å². The molecule has 0 amide bonds. The van der Waals surface area contributed by atoms with E-state index in [4.69, 9.17) is 11.1 Å². The van der Waals surface area contributed by atoms with Gasteiger partial charge in [-0.3, -0.25) is 10.3 Å². The summed E-state index contributed by atoms with van der Waals surface area (Å²) in [5.74, 6) is 0.253. The van der Waals surface area contributed by atoms with Crippen molar-refractivity contribution in [3.8, 4) is 0 Å². The molecule has 1 aromatic carbocycles. The van der Waals surface area contributed by atoms with Crippen LogP contribution >= 0.6 is 0 Å². The molecule has 0 fully saturated rings. The van der Waals surface area contributed by atoms with E-state index in [2.05, 4.69) is 37.8 Å². The summed E-state index contributed by atoms with van der Waals surface area (Å²) in [7, 11) is 0. The topological polar surface area (TPSA) is 53.1 Å². The third-order valence-corrected chi connectivity index (χ3v) is 3.61. The lowest BCUT2D eigenvalue weighted by Crippen LogP contribution is -2.39. The monoisotopic (exact) mass is 247 g/mol. The Morgan fingerprint density at radius 3 is 2.33 bits per heavy atom. The molecule has 100 valence electrons. The summed E-state index contributed by atoms with van der Waals surface area (Å²) >= 11 is 0. The van der Waals surface area contributed by atoms with Gasteiger partial charge < -0.3 is 5.73 Å². The summed E-state index contributed by atoms with van der Waals surface area (Å²) in [6, 6.07) is 10.6. The number of amidine groups is 1. The molecule has 0 saturated carbocycles. The fraction of sp³-hybridized carbons (Fsp3) is 0.533. The molecule has 0 spiro atoms. The van der Waals surface area contributed by atoms with E-state index in [1.165, 1.54) is 0 Å². The zero-order valence-corrected chi connectivity index (χ0v) is 11.7. The Balaban J connectivity index is 2.84. The standard InChI is InChI=1S/C15H25N3/c1-4-12(3)18(5-2)11-14(15(16)17)13-9-7-6-8-10-13/h6-10,12,14H,4-5,11H2,1-3H3,(H3,16,17). The zero-order chi connectivity index (χ0) is 13.5. The van der Waals surface area contributed by atoms with Crippen molar-refractivity contribution in [3.63, 3.8) is 0 Å². The molecule has 0 saturated heterocycles. The van der Waals surface area contributed by atoms with Crippen molar-refractivity contribution in [2.24, 2.45) is 5.73 Å². The van der Waals surface area contributed by atoms with E-state index in [-0.39, 0.29) is 11.8 Å². The minimum absolute atomic E-state index is 0.000139. The lowest BCUT2D eigenvalue weighted by Gasteiger charge is -2.30. The molecule has 0 aliphatic rings. The Bertz CT molecular complexity index is 361. The molecule has 3 nitrogen and oxygen atoms in total. The van der Waals surface area contributed by atoms with E-state index in [0.717, 1.165) is 25.1 Å². The van der Waals surface area contributed by atoms with Crippen molar-refractivity contribution in [2.75, 3.05) is 13.1 Å². The molecule has 3 N–H and O–H groups in total. The van der Waals surface area contributed by atoms with Crippen molar-refractivity contribution in [2.45, 2.75) is 39.2 Å². The van der Waals surface area contributed by atoms with Crippen molar-refractivity contribution in [1.82, 2.24) is 4.90 Å². The Kier molecular flexibility index (Phi) is 5.86. The Morgan fingerprint density at radius 1 is 1.28 bits per heavy atom. The van der Waals surface area contributed by atoms with Crippen molar-refractivity contribution >= 4 is 5.84 Å². The van der Waals surface area contributed by atoms with E-state index in [9.17, 15) is 0 Å². The molecule has 1 rings (SSSR count). The molecule has 3 heteroatoms. The van der Waals surface area contributed by atoms with Crippen LogP contribution in [-0.4, -0.2) is 29.9 Å². The fourth-order valence-corrected chi connectivity index (χ4v) is 2.18. The Morgan fingerprint density at radius 2 is 1.89 bits per heavy atom. The number of nitrogens with one attached hydrogen (secondary N) is 1. The number of hydrogen-bond acceptors (Lipinski definition) is 2. The summed E-state index contributed by atoms with van der Waals surface area (Å²) in [4.78, 5) is 2.39. The quantitative estimate of drug-likeness (QED) is 0.575. The van der Waals surface area contributed by atoms with Crippen LogP contribution in [0.5, 0.6) is 0 Å². The second-order valence-corrected chi connectivity index (χ2v) is 4.76. The van der Waals surface area contributed by atoms with Gasteiger partial charge in [-0.2, -0.15) is 0 Å². The largest absolute Gasteiger partial charge is 0.387 e. The molecule has 0 aliphatic carbocycles. The smallest absolute Gasteiger partial charge is 0.0995 e. The van der Waals surface area contributed by atoms with Gasteiger partial charge in [0.05, 0.1) is 11.8 Å². The molecular formula is C15H25N3. The number of benzene rings is 1. The lowest BCUT2D eigenvalue weighted by atomic mass is 9.96. The molecule has 0 aromatic heterocycles. The summed E-state index contributed by atoms with van der Waals surface area (Å²) < 4.78 is 0. The molecule has 2 unspecified atom stereocenters. The summed E-state index contributed by atoms with van der Waals surface area (Å²) in [5, 5.41) is 7.81. The first kappa shape index (κ1) is 14.7. The van der Waals surface area contributed by atoms with Gasteiger partial charge in [0.25, 0.3) is 0 Å². The summed E-state index contributed by atoms with van der Waals surface area (Å²) in [6.45, 7) is 8.40. The highest BCUT2D eigenvalue weighted by molar-refractivity contribution is 5.84. The zero-order valence-electron chi connectivity index (χ0n) is 11.7. The van der Waals surface area contributed by atoms with Crippen LogP contribution in [0.2, 0.25) is 0 Å². The SMILES string of the molecule is CCC(C)N(CC)CC(C(=N)N)c1ccccc1. The van der Waals surface area contributed by atoms with Crippen molar-refractivity contribution < 1.29 is 0 Å². The van der Waals surface area contributed by atoms with Crippen LogP contribution < -0.4 is 5.73 Å². The molecule has 0 radical (unpaired) electrons. The van der Waals surface area contributed by atoms with Crippen LogP contribution in [0.3, 0.4) is 0 Å². The molecule has 2 atom stereocenters. The van der Waals surface area contributed by atoms with E-state index in [0.29, 0.717) is 6.04 Å². The van der Waals surface area contributed by atoms with E-state index >= 15 is 0 Å². The second-order valence-electron chi connectivity index (χ2n) is 4.76. The maximum Gasteiger partial charge on any atom is 0.0995 e. The third-order valence-electron chi connectivity index (χ3n) is 3.61. The number of nitrogens with two attached hydrogens (primary N) is 1. The first-order valence-corrected chi connectivity index (χ1v) is 6.73. The Labute approximate surface area is 111 Å². The molecular weight excluding hydrogens is 222 g/mol. The van der Waals surface area contributed by atoms with E-state index in [1.54, 1.807) is 0 Å². The maximum atomic E-state index is 7.81. The van der Waals surface area contributed by atoms with E-state index < -0.39 is 0 Å². The van der Waals surface area contributed by atoms with Gasteiger partial charge in [-0.15, -0.1) is 0 Å². The van der Waals surface area contributed by atoms with Crippen molar-refractivity contribution in [3.05, 3.63) is 35.9 Å². The highest BCUT2D eigenvalue weighted by atomic mass is 15.1. The van der Waals surface area contributed by atoms with Gasteiger partial charge in [0.2, 0.25) is 0 Å². The average Bonchev–Trinajstić information content (AvgIpc) is 2.39. The lowest BCUT2D eigenvalue weighted by molar-refractivity contribution is 0.212. The summed E-state index contributed by atoms with van der Waals surface area (Å²) in [6.07, 6.45) is 1.12. The van der Waals surface area contributed by atoms with Crippen molar-refractivity contribution in [1.29, 1.82) is 5.41 Å². The van der Waals surface area contributed by atoms with Gasteiger partial charge in [-0.25, -0.2) is 0 Å². The number of likely N-dealkylation sites (N-methyl/N-ethyl adjacent to an activating group) is 1. The van der Waals surface area contributed by atoms with Crippen LogP contribution in [-0.2, 0) is 0 Å².